The van der Waals surface area contributed by atoms with Crippen LogP contribution >= 0.6 is 35.0 Å². The quantitative estimate of drug-likeness (QED) is 0.386. The second-order valence-electron chi connectivity index (χ2n) is 5.93. The number of nitrogens with one attached hydrogen (secondary N) is 3. The molecule has 0 radical (unpaired) electrons. The largest absolute Gasteiger partial charge is 0.324 e. The second kappa shape index (κ2) is 10.2. The van der Waals surface area contributed by atoms with Gasteiger partial charge in [-0.25, -0.2) is 4.79 Å². The fraction of sp³-hybridized carbons (Fsp3) is 0.0476. The Kier molecular flexibility index (Phi) is 7.41. The van der Waals surface area contributed by atoms with Crippen LogP contribution in [0.25, 0.3) is 0 Å². The van der Waals surface area contributed by atoms with E-state index in [1.165, 1.54) is 11.8 Å². The molecule has 0 aliphatic carbocycles. The molecular formula is C21H17Cl2N3O2S. The highest BCUT2D eigenvalue weighted by Gasteiger charge is 2.08. The van der Waals surface area contributed by atoms with Crippen molar-refractivity contribution in [2.75, 3.05) is 21.7 Å². The van der Waals surface area contributed by atoms with Gasteiger partial charge in [0.25, 0.3) is 0 Å². The normalized spacial score (nSPS) is 10.3. The fourth-order valence-electron chi connectivity index (χ4n) is 2.38. The summed E-state index contributed by atoms with van der Waals surface area (Å²) in [7, 11) is 0. The fourth-order valence-corrected chi connectivity index (χ4v) is 3.53. The van der Waals surface area contributed by atoms with Gasteiger partial charge in [-0.05, 0) is 54.6 Å². The Labute approximate surface area is 182 Å². The molecule has 3 N–H and O–H groups in total. The lowest BCUT2D eigenvalue weighted by molar-refractivity contribution is -0.113. The number of para-hydroxylation sites is 1. The number of carbonyl (C=O) groups is 2. The minimum absolute atomic E-state index is 0.177. The molecule has 0 unspecified atom stereocenters. The lowest BCUT2D eigenvalue weighted by atomic mass is 10.3. The number of hydrogen-bond donors (Lipinski definition) is 3. The zero-order valence-electron chi connectivity index (χ0n) is 15.1. The van der Waals surface area contributed by atoms with Crippen molar-refractivity contribution in [2.45, 2.75) is 4.90 Å². The third-order valence-electron chi connectivity index (χ3n) is 3.72. The number of halogens is 2. The van der Waals surface area contributed by atoms with Crippen molar-refractivity contribution in [1.29, 1.82) is 0 Å². The molecule has 0 fully saturated rings. The molecule has 0 saturated carbocycles. The summed E-state index contributed by atoms with van der Waals surface area (Å²) >= 11 is 13.3. The van der Waals surface area contributed by atoms with Gasteiger partial charge < -0.3 is 16.0 Å². The Hall–Kier alpha value is -2.67. The summed E-state index contributed by atoms with van der Waals surface area (Å²) in [6, 6.07) is 21.0. The molecule has 29 heavy (non-hydrogen) atoms. The average Bonchev–Trinajstić information content (AvgIpc) is 2.70. The zero-order valence-corrected chi connectivity index (χ0v) is 17.4. The van der Waals surface area contributed by atoms with E-state index >= 15 is 0 Å². The molecule has 0 saturated heterocycles. The molecular weight excluding hydrogens is 429 g/mol. The van der Waals surface area contributed by atoms with E-state index in [9.17, 15) is 9.59 Å². The predicted molar refractivity (Wildman–Crippen MR) is 121 cm³/mol. The maximum atomic E-state index is 12.1. The molecule has 0 aromatic heterocycles. The summed E-state index contributed by atoms with van der Waals surface area (Å²) in [6.07, 6.45) is 0. The Morgan fingerprint density at radius 3 is 2.10 bits per heavy atom. The minimum atomic E-state index is -0.323. The van der Waals surface area contributed by atoms with Gasteiger partial charge in [0.2, 0.25) is 5.91 Å². The SMILES string of the molecule is O=C(CSc1ccc(NC(=O)Nc2ccccc2)cc1)Nc1ccc(Cl)cc1Cl. The highest BCUT2D eigenvalue weighted by molar-refractivity contribution is 8.00. The number of hydrogen-bond acceptors (Lipinski definition) is 3. The van der Waals surface area contributed by atoms with Crippen LogP contribution in [-0.2, 0) is 4.79 Å². The van der Waals surface area contributed by atoms with E-state index in [-0.39, 0.29) is 17.7 Å². The molecule has 3 aromatic carbocycles. The van der Waals surface area contributed by atoms with Gasteiger partial charge in [0.1, 0.15) is 0 Å². The summed E-state index contributed by atoms with van der Waals surface area (Å²) in [5, 5.41) is 9.16. The zero-order chi connectivity index (χ0) is 20.6. The van der Waals surface area contributed by atoms with Crippen LogP contribution in [0.2, 0.25) is 10.0 Å². The van der Waals surface area contributed by atoms with Gasteiger partial charge in [0, 0.05) is 21.3 Å². The molecule has 0 bridgehead atoms. The molecule has 3 aromatic rings. The Balaban J connectivity index is 1.47. The van der Waals surface area contributed by atoms with Crippen LogP contribution < -0.4 is 16.0 Å². The van der Waals surface area contributed by atoms with Gasteiger partial charge in [-0.2, -0.15) is 0 Å². The Bertz CT molecular complexity index is 999. The summed E-state index contributed by atoms with van der Waals surface area (Å²) in [4.78, 5) is 25.0. The summed E-state index contributed by atoms with van der Waals surface area (Å²) in [6.45, 7) is 0. The molecule has 3 rings (SSSR count). The van der Waals surface area contributed by atoms with Crippen molar-refractivity contribution in [3.05, 3.63) is 82.8 Å². The molecule has 3 amide bonds. The molecule has 0 atom stereocenters. The first kappa shape index (κ1) is 21.0. The standard InChI is InChI=1S/C21H17Cl2N3O2S/c22-14-6-11-19(18(23)12-14)26-20(27)13-29-17-9-7-16(8-10-17)25-21(28)24-15-4-2-1-3-5-15/h1-12H,13H2,(H,26,27)(H2,24,25,28). The number of anilines is 3. The highest BCUT2D eigenvalue weighted by atomic mass is 35.5. The number of benzene rings is 3. The van der Waals surface area contributed by atoms with Crippen LogP contribution in [0.15, 0.2) is 77.7 Å². The lowest BCUT2D eigenvalue weighted by Crippen LogP contribution is -2.19. The van der Waals surface area contributed by atoms with Crippen molar-refractivity contribution in [1.82, 2.24) is 0 Å². The van der Waals surface area contributed by atoms with Crippen LogP contribution in [0.4, 0.5) is 21.9 Å². The van der Waals surface area contributed by atoms with Crippen LogP contribution in [0.3, 0.4) is 0 Å². The lowest BCUT2D eigenvalue weighted by Gasteiger charge is -2.09. The molecule has 0 aliphatic heterocycles. The van der Waals surface area contributed by atoms with Crippen molar-refractivity contribution < 1.29 is 9.59 Å². The van der Waals surface area contributed by atoms with Gasteiger partial charge in [0.05, 0.1) is 16.5 Å². The predicted octanol–water partition coefficient (Wildman–Crippen LogP) is 6.37. The number of thioether (sulfide) groups is 1. The maximum absolute atomic E-state index is 12.1. The third kappa shape index (κ3) is 6.71. The molecule has 0 spiro atoms. The van der Waals surface area contributed by atoms with Crippen molar-refractivity contribution >= 4 is 64.0 Å². The van der Waals surface area contributed by atoms with Gasteiger partial charge in [-0.1, -0.05) is 41.4 Å². The number of urea groups is 1. The molecule has 148 valence electrons. The summed E-state index contributed by atoms with van der Waals surface area (Å²) in [5.74, 6) is 0.0453. The van der Waals surface area contributed by atoms with Crippen molar-refractivity contribution in [3.63, 3.8) is 0 Å². The molecule has 8 heteroatoms. The van der Waals surface area contributed by atoms with Crippen molar-refractivity contribution in [3.8, 4) is 0 Å². The van der Waals surface area contributed by atoms with E-state index in [0.717, 1.165) is 4.90 Å². The highest BCUT2D eigenvalue weighted by Crippen LogP contribution is 2.26. The first-order valence-corrected chi connectivity index (χ1v) is 10.3. The van der Waals surface area contributed by atoms with Crippen molar-refractivity contribution in [2.24, 2.45) is 0 Å². The van der Waals surface area contributed by atoms with E-state index in [0.29, 0.717) is 27.1 Å². The smallest absolute Gasteiger partial charge is 0.323 e. The number of amides is 3. The van der Waals surface area contributed by atoms with Gasteiger partial charge >= 0.3 is 6.03 Å². The van der Waals surface area contributed by atoms with E-state index in [1.807, 2.05) is 42.5 Å². The monoisotopic (exact) mass is 445 g/mol. The second-order valence-corrected chi connectivity index (χ2v) is 7.82. The average molecular weight is 446 g/mol. The van der Waals surface area contributed by atoms with Crippen LogP contribution in [0.1, 0.15) is 0 Å². The number of carbonyl (C=O) groups excluding carboxylic acids is 2. The summed E-state index contributed by atoms with van der Waals surface area (Å²) in [5.41, 5.74) is 1.88. The first-order chi connectivity index (χ1) is 14.0. The molecule has 0 aliphatic rings. The van der Waals surface area contributed by atoms with Crippen LogP contribution in [0, 0.1) is 0 Å². The third-order valence-corrected chi connectivity index (χ3v) is 5.28. The molecule has 5 nitrogen and oxygen atoms in total. The van der Waals surface area contributed by atoms with E-state index in [4.69, 9.17) is 23.2 Å². The van der Waals surface area contributed by atoms with Gasteiger partial charge in [-0.3, -0.25) is 4.79 Å². The Morgan fingerprint density at radius 2 is 1.45 bits per heavy atom. The van der Waals surface area contributed by atoms with E-state index in [2.05, 4.69) is 16.0 Å². The topological polar surface area (TPSA) is 70.2 Å². The summed E-state index contributed by atoms with van der Waals surface area (Å²) < 4.78 is 0. The first-order valence-electron chi connectivity index (χ1n) is 8.60. The van der Waals surface area contributed by atoms with Crippen LogP contribution in [-0.4, -0.2) is 17.7 Å². The Morgan fingerprint density at radius 1 is 0.793 bits per heavy atom. The molecule has 0 heterocycles. The van der Waals surface area contributed by atoms with Gasteiger partial charge in [0.15, 0.2) is 0 Å². The van der Waals surface area contributed by atoms with E-state index < -0.39 is 0 Å². The van der Waals surface area contributed by atoms with Crippen LogP contribution in [0.5, 0.6) is 0 Å². The van der Waals surface area contributed by atoms with E-state index in [1.54, 1.807) is 30.3 Å². The van der Waals surface area contributed by atoms with Gasteiger partial charge in [-0.15, -0.1) is 11.8 Å². The maximum Gasteiger partial charge on any atom is 0.323 e. The minimum Gasteiger partial charge on any atom is -0.324 e. The number of rotatable bonds is 6.